The van der Waals surface area contributed by atoms with E-state index in [4.69, 9.17) is 11.6 Å². The highest BCUT2D eigenvalue weighted by molar-refractivity contribution is 6.30. The van der Waals surface area contributed by atoms with E-state index < -0.39 is 0 Å². The molecule has 1 aliphatic heterocycles. The molecule has 0 amide bonds. The average Bonchev–Trinajstić information content (AvgIpc) is 2.47. The Morgan fingerprint density at radius 3 is 2.38 bits per heavy atom. The van der Waals surface area contributed by atoms with Gasteiger partial charge in [-0.15, -0.1) is 0 Å². The molecular formula is C18H26ClNO. The lowest BCUT2D eigenvalue weighted by Gasteiger charge is -2.34. The minimum Gasteiger partial charge on any atom is -0.393 e. The maximum absolute atomic E-state index is 9.65. The normalized spacial score (nSPS) is 18.9. The van der Waals surface area contributed by atoms with Crippen molar-refractivity contribution in [1.29, 1.82) is 0 Å². The SMILES string of the molecule is C=C(C(C)C)C(CN1CCC(O)CC1)c1ccc(Cl)cc1. The van der Waals surface area contributed by atoms with Gasteiger partial charge in [-0.05, 0) is 36.5 Å². The van der Waals surface area contributed by atoms with Crippen molar-refractivity contribution in [2.24, 2.45) is 5.92 Å². The molecule has 0 radical (unpaired) electrons. The summed E-state index contributed by atoms with van der Waals surface area (Å²) >= 11 is 6.01. The first kappa shape index (κ1) is 16.5. The molecule has 1 aromatic carbocycles. The van der Waals surface area contributed by atoms with E-state index in [0.717, 1.165) is 37.5 Å². The number of hydrogen-bond donors (Lipinski definition) is 1. The third-order valence-corrected chi connectivity index (χ3v) is 4.71. The van der Waals surface area contributed by atoms with Crippen LogP contribution in [0.25, 0.3) is 0 Å². The summed E-state index contributed by atoms with van der Waals surface area (Å²) in [5.74, 6) is 0.790. The summed E-state index contributed by atoms with van der Waals surface area (Å²) in [6, 6.07) is 8.13. The second-order valence-corrected chi connectivity index (χ2v) is 6.80. The molecule has 1 atom stereocenters. The lowest BCUT2D eigenvalue weighted by molar-refractivity contribution is 0.0807. The summed E-state index contributed by atoms with van der Waals surface area (Å²) in [6.07, 6.45) is 1.63. The molecule has 3 heteroatoms. The van der Waals surface area contributed by atoms with Crippen molar-refractivity contribution in [3.05, 3.63) is 47.0 Å². The van der Waals surface area contributed by atoms with E-state index in [1.165, 1.54) is 11.1 Å². The molecule has 1 saturated heterocycles. The molecule has 0 saturated carbocycles. The van der Waals surface area contributed by atoms with Crippen molar-refractivity contribution < 1.29 is 5.11 Å². The molecule has 21 heavy (non-hydrogen) atoms. The van der Waals surface area contributed by atoms with Crippen LogP contribution in [0.15, 0.2) is 36.4 Å². The van der Waals surface area contributed by atoms with E-state index in [9.17, 15) is 5.11 Å². The second-order valence-electron chi connectivity index (χ2n) is 6.37. The third kappa shape index (κ3) is 4.57. The van der Waals surface area contributed by atoms with Gasteiger partial charge >= 0.3 is 0 Å². The van der Waals surface area contributed by atoms with Gasteiger partial charge < -0.3 is 10.0 Å². The smallest absolute Gasteiger partial charge is 0.0564 e. The van der Waals surface area contributed by atoms with Gasteiger partial charge in [-0.1, -0.05) is 49.7 Å². The van der Waals surface area contributed by atoms with Gasteiger partial charge in [0.1, 0.15) is 0 Å². The first-order valence-electron chi connectivity index (χ1n) is 7.82. The standard InChI is InChI=1S/C18H26ClNO/c1-13(2)14(3)18(15-4-6-16(19)7-5-15)12-20-10-8-17(21)9-11-20/h4-7,13,17-18,21H,3,8-12H2,1-2H3. The van der Waals surface area contributed by atoms with Crippen LogP contribution in [0.4, 0.5) is 0 Å². The highest BCUT2D eigenvalue weighted by Crippen LogP contribution is 2.31. The minimum atomic E-state index is -0.122. The summed E-state index contributed by atoms with van der Waals surface area (Å²) in [4.78, 5) is 2.44. The Hall–Kier alpha value is -0.830. The molecule has 1 aliphatic rings. The highest BCUT2D eigenvalue weighted by atomic mass is 35.5. The van der Waals surface area contributed by atoms with Crippen LogP contribution in [-0.2, 0) is 0 Å². The Bertz CT molecular complexity index is 461. The van der Waals surface area contributed by atoms with Gasteiger partial charge in [-0.2, -0.15) is 0 Å². The first-order valence-corrected chi connectivity index (χ1v) is 8.19. The van der Waals surface area contributed by atoms with Crippen molar-refractivity contribution in [3.63, 3.8) is 0 Å². The summed E-state index contributed by atoms with van der Waals surface area (Å²) in [7, 11) is 0. The van der Waals surface area contributed by atoms with E-state index in [2.05, 4.69) is 37.5 Å². The molecule has 1 fully saturated rings. The van der Waals surface area contributed by atoms with Gasteiger partial charge in [0.15, 0.2) is 0 Å². The van der Waals surface area contributed by atoms with Crippen LogP contribution in [0.5, 0.6) is 0 Å². The van der Waals surface area contributed by atoms with Gasteiger partial charge in [0.05, 0.1) is 6.10 Å². The molecule has 0 aromatic heterocycles. The molecule has 1 unspecified atom stereocenters. The summed E-state index contributed by atoms with van der Waals surface area (Å²) in [6.45, 7) is 11.6. The monoisotopic (exact) mass is 307 g/mol. The molecule has 0 bridgehead atoms. The molecule has 1 heterocycles. The largest absolute Gasteiger partial charge is 0.393 e. The number of hydrogen-bond acceptors (Lipinski definition) is 2. The summed E-state index contributed by atoms with van der Waals surface area (Å²) in [5, 5.41) is 10.4. The van der Waals surface area contributed by atoms with Gasteiger partial charge in [0, 0.05) is 30.6 Å². The zero-order valence-electron chi connectivity index (χ0n) is 13.1. The van der Waals surface area contributed by atoms with Gasteiger partial charge in [0.25, 0.3) is 0 Å². The fraction of sp³-hybridized carbons (Fsp3) is 0.556. The van der Waals surface area contributed by atoms with Crippen LogP contribution in [0, 0.1) is 5.92 Å². The first-order chi connectivity index (χ1) is 9.97. The number of aliphatic hydroxyl groups excluding tert-OH is 1. The van der Waals surface area contributed by atoms with Gasteiger partial charge in [0.2, 0.25) is 0 Å². The lowest BCUT2D eigenvalue weighted by Crippen LogP contribution is -2.38. The zero-order valence-corrected chi connectivity index (χ0v) is 13.8. The van der Waals surface area contributed by atoms with Crippen LogP contribution >= 0.6 is 11.6 Å². The number of likely N-dealkylation sites (tertiary alicyclic amines) is 1. The van der Waals surface area contributed by atoms with Crippen molar-refractivity contribution in [1.82, 2.24) is 4.90 Å². The average molecular weight is 308 g/mol. The Labute approximate surface area is 133 Å². The summed E-state index contributed by atoms with van der Waals surface area (Å²) in [5.41, 5.74) is 2.55. The van der Waals surface area contributed by atoms with E-state index >= 15 is 0 Å². The Morgan fingerprint density at radius 1 is 1.29 bits per heavy atom. The van der Waals surface area contributed by atoms with E-state index in [-0.39, 0.29) is 6.10 Å². The maximum atomic E-state index is 9.65. The van der Waals surface area contributed by atoms with Crippen LogP contribution in [0.1, 0.15) is 38.2 Å². The number of aliphatic hydroxyl groups is 1. The number of rotatable bonds is 5. The van der Waals surface area contributed by atoms with Crippen molar-refractivity contribution in [3.8, 4) is 0 Å². The van der Waals surface area contributed by atoms with Gasteiger partial charge in [-0.25, -0.2) is 0 Å². The van der Waals surface area contributed by atoms with Gasteiger partial charge in [-0.3, -0.25) is 0 Å². The fourth-order valence-electron chi connectivity index (χ4n) is 2.89. The maximum Gasteiger partial charge on any atom is 0.0564 e. The molecule has 116 valence electrons. The van der Waals surface area contributed by atoms with E-state index in [0.29, 0.717) is 11.8 Å². The van der Waals surface area contributed by atoms with Crippen LogP contribution < -0.4 is 0 Å². The predicted octanol–water partition coefficient (Wildman–Crippen LogP) is 4.09. The lowest BCUT2D eigenvalue weighted by atomic mass is 9.85. The molecule has 2 nitrogen and oxygen atoms in total. The predicted molar refractivity (Wildman–Crippen MR) is 89.9 cm³/mol. The fourth-order valence-corrected chi connectivity index (χ4v) is 3.02. The zero-order chi connectivity index (χ0) is 15.4. The van der Waals surface area contributed by atoms with Crippen LogP contribution in [0.3, 0.4) is 0 Å². The quantitative estimate of drug-likeness (QED) is 0.828. The Morgan fingerprint density at radius 2 is 1.86 bits per heavy atom. The Balaban J connectivity index is 2.12. The molecular weight excluding hydrogens is 282 g/mol. The molecule has 0 spiro atoms. The number of piperidine rings is 1. The third-order valence-electron chi connectivity index (χ3n) is 4.46. The molecule has 1 N–H and O–H groups in total. The number of halogens is 1. The van der Waals surface area contributed by atoms with Crippen molar-refractivity contribution in [2.45, 2.75) is 38.7 Å². The number of nitrogens with zero attached hydrogens (tertiary/aromatic N) is 1. The highest BCUT2D eigenvalue weighted by Gasteiger charge is 2.24. The van der Waals surface area contributed by atoms with Crippen molar-refractivity contribution >= 4 is 11.6 Å². The summed E-state index contributed by atoms with van der Waals surface area (Å²) < 4.78 is 0. The molecule has 2 rings (SSSR count). The topological polar surface area (TPSA) is 23.5 Å². The molecule has 0 aliphatic carbocycles. The van der Waals surface area contributed by atoms with Crippen LogP contribution in [-0.4, -0.2) is 35.7 Å². The van der Waals surface area contributed by atoms with Crippen LogP contribution in [0.2, 0.25) is 5.02 Å². The van der Waals surface area contributed by atoms with E-state index in [1.807, 2.05) is 12.1 Å². The minimum absolute atomic E-state index is 0.122. The molecule has 1 aromatic rings. The van der Waals surface area contributed by atoms with Crippen molar-refractivity contribution in [2.75, 3.05) is 19.6 Å². The van der Waals surface area contributed by atoms with E-state index in [1.54, 1.807) is 0 Å². The number of benzene rings is 1. The second kappa shape index (κ2) is 7.44. The Kier molecular flexibility index (Phi) is 5.86.